The first kappa shape index (κ1) is 15.9. The van der Waals surface area contributed by atoms with Gasteiger partial charge in [-0.2, -0.15) is 0 Å². The first-order valence-corrected chi connectivity index (χ1v) is 7.74. The molecule has 1 atom stereocenters. The van der Waals surface area contributed by atoms with Crippen molar-refractivity contribution in [1.29, 1.82) is 0 Å². The summed E-state index contributed by atoms with van der Waals surface area (Å²) >= 11 is 0. The summed E-state index contributed by atoms with van der Waals surface area (Å²) in [5.41, 5.74) is 0.307. The molecule has 0 saturated heterocycles. The molecular weight excluding hydrogens is 306 g/mol. The van der Waals surface area contributed by atoms with Crippen molar-refractivity contribution in [1.82, 2.24) is 4.98 Å². The lowest BCUT2D eigenvalue weighted by molar-refractivity contribution is -0.116. The molecule has 3 rings (SSSR count). The standard InChI is InChI=1S/C19H17NO4/c1-13-9-15(21)11-17(10-13)24-19(22)14-7-8-18(20-12-14)23-16-5-3-2-4-6-16/h2-8,11-13H,9-10H2,1H3. The van der Waals surface area contributed by atoms with Crippen molar-refractivity contribution < 1.29 is 19.1 Å². The number of ether oxygens (including phenoxy) is 2. The number of nitrogens with zero attached hydrogens (tertiary/aromatic N) is 1. The molecule has 1 aliphatic rings. The van der Waals surface area contributed by atoms with E-state index in [4.69, 9.17) is 9.47 Å². The summed E-state index contributed by atoms with van der Waals surface area (Å²) in [4.78, 5) is 27.8. The van der Waals surface area contributed by atoms with Gasteiger partial charge in [-0.3, -0.25) is 4.79 Å². The van der Waals surface area contributed by atoms with Gasteiger partial charge in [0.1, 0.15) is 11.5 Å². The number of carbonyl (C=O) groups is 2. The Balaban J connectivity index is 1.65. The minimum atomic E-state index is -0.526. The third-order valence-corrected chi connectivity index (χ3v) is 3.58. The van der Waals surface area contributed by atoms with Gasteiger partial charge < -0.3 is 9.47 Å². The molecule has 1 heterocycles. The van der Waals surface area contributed by atoms with Gasteiger partial charge in [0.2, 0.25) is 5.88 Å². The second-order valence-corrected chi connectivity index (χ2v) is 5.78. The van der Waals surface area contributed by atoms with E-state index in [1.54, 1.807) is 12.1 Å². The number of rotatable bonds is 4. The number of ketones is 1. The first-order valence-electron chi connectivity index (χ1n) is 7.74. The molecule has 0 aliphatic heterocycles. The van der Waals surface area contributed by atoms with Gasteiger partial charge in [-0.1, -0.05) is 25.1 Å². The maximum absolute atomic E-state index is 12.1. The maximum atomic E-state index is 12.1. The van der Waals surface area contributed by atoms with Crippen LogP contribution in [0.15, 0.2) is 60.5 Å². The van der Waals surface area contributed by atoms with Crippen molar-refractivity contribution in [2.45, 2.75) is 19.8 Å². The summed E-state index contributed by atoms with van der Waals surface area (Å²) in [6.45, 7) is 1.95. The second-order valence-electron chi connectivity index (χ2n) is 5.78. The van der Waals surface area contributed by atoms with Crippen molar-refractivity contribution in [3.63, 3.8) is 0 Å². The van der Waals surface area contributed by atoms with Gasteiger partial charge in [-0.05, 0) is 24.1 Å². The van der Waals surface area contributed by atoms with E-state index in [1.807, 2.05) is 37.3 Å². The Hall–Kier alpha value is -2.95. The topological polar surface area (TPSA) is 65.5 Å². The minimum Gasteiger partial charge on any atom is -0.439 e. The van der Waals surface area contributed by atoms with Crippen molar-refractivity contribution in [2.75, 3.05) is 0 Å². The van der Waals surface area contributed by atoms with Crippen LogP contribution in [0.5, 0.6) is 11.6 Å². The molecule has 1 aromatic carbocycles. The third-order valence-electron chi connectivity index (χ3n) is 3.58. The molecule has 24 heavy (non-hydrogen) atoms. The minimum absolute atomic E-state index is 0.0127. The number of allylic oxidation sites excluding steroid dienone is 2. The van der Waals surface area contributed by atoms with Gasteiger partial charge in [-0.25, -0.2) is 9.78 Å². The van der Waals surface area contributed by atoms with E-state index in [2.05, 4.69) is 4.98 Å². The summed E-state index contributed by atoms with van der Waals surface area (Å²) < 4.78 is 10.9. The number of hydrogen-bond donors (Lipinski definition) is 0. The van der Waals surface area contributed by atoms with Gasteiger partial charge in [-0.15, -0.1) is 0 Å². The van der Waals surface area contributed by atoms with E-state index in [0.29, 0.717) is 35.8 Å². The van der Waals surface area contributed by atoms with Crippen LogP contribution in [-0.2, 0) is 9.53 Å². The number of pyridine rings is 1. The Kier molecular flexibility index (Phi) is 4.70. The van der Waals surface area contributed by atoms with E-state index < -0.39 is 5.97 Å². The van der Waals surface area contributed by atoms with Gasteiger partial charge >= 0.3 is 5.97 Å². The van der Waals surface area contributed by atoms with Crippen LogP contribution >= 0.6 is 0 Å². The van der Waals surface area contributed by atoms with E-state index in [-0.39, 0.29) is 11.7 Å². The summed E-state index contributed by atoms with van der Waals surface area (Å²) in [7, 11) is 0. The maximum Gasteiger partial charge on any atom is 0.344 e. The third kappa shape index (κ3) is 4.07. The fourth-order valence-corrected chi connectivity index (χ4v) is 2.48. The molecule has 0 saturated carbocycles. The molecule has 5 nitrogen and oxygen atoms in total. The van der Waals surface area contributed by atoms with Crippen LogP contribution in [0.25, 0.3) is 0 Å². The highest BCUT2D eigenvalue weighted by atomic mass is 16.5. The fourth-order valence-electron chi connectivity index (χ4n) is 2.48. The molecule has 0 amide bonds. The van der Waals surface area contributed by atoms with Crippen molar-refractivity contribution in [3.05, 3.63) is 66.1 Å². The molecule has 0 bridgehead atoms. The van der Waals surface area contributed by atoms with Gasteiger partial charge in [0.25, 0.3) is 0 Å². The second kappa shape index (κ2) is 7.08. The summed E-state index contributed by atoms with van der Waals surface area (Å²) in [5, 5.41) is 0. The highest BCUT2D eigenvalue weighted by Crippen LogP contribution is 2.24. The average Bonchev–Trinajstić information content (AvgIpc) is 2.55. The molecule has 2 aromatic rings. The van der Waals surface area contributed by atoms with Crippen molar-refractivity contribution >= 4 is 11.8 Å². The molecule has 0 radical (unpaired) electrons. The van der Waals surface area contributed by atoms with Crippen molar-refractivity contribution in [3.8, 4) is 11.6 Å². The van der Waals surface area contributed by atoms with Crippen LogP contribution in [0.3, 0.4) is 0 Å². The Morgan fingerprint density at radius 1 is 1.12 bits per heavy atom. The van der Waals surface area contributed by atoms with E-state index in [0.717, 1.165) is 0 Å². The van der Waals surface area contributed by atoms with E-state index in [1.165, 1.54) is 12.3 Å². The Morgan fingerprint density at radius 3 is 2.58 bits per heavy atom. The van der Waals surface area contributed by atoms with Crippen molar-refractivity contribution in [2.24, 2.45) is 5.92 Å². The van der Waals surface area contributed by atoms with Crippen LogP contribution in [-0.4, -0.2) is 16.7 Å². The summed E-state index contributed by atoms with van der Waals surface area (Å²) in [5.74, 6) is 1.11. The molecule has 0 fully saturated rings. The normalized spacial score (nSPS) is 17.1. The van der Waals surface area contributed by atoms with Crippen LogP contribution in [0, 0.1) is 5.92 Å². The van der Waals surface area contributed by atoms with Crippen LogP contribution < -0.4 is 4.74 Å². The van der Waals surface area contributed by atoms with E-state index in [9.17, 15) is 9.59 Å². The number of esters is 1. The van der Waals surface area contributed by atoms with E-state index >= 15 is 0 Å². The number of aromatic nitrogens is 1. The molecule has 5 heteroatoms. The Bertz CT molecular complexity index is 766. The molecule has 122 valence electrons. The predicted molar refractivity (Wildman–Crippen MR) is 87.7 cm³/mol. The molecule has 0 spiro atoms. The SMILES string of the molecule is CC1CC(=O)C=C(OC(=O)c2ccc(Oc3ccccc3)nc2)C1. The smallest absolute Gasteiger partial charge is 0.344 e. The fraction of sp³-hybridized carbons (Fsp3) is 0.211. The van der Waals surface area contributed by atoms with Crippen LogP contribution in [0.2, 0.25) is 0 Å². The predicted octanol–water partition coefficient (Wildman–Crippen LogP) is 3.91. The zero-order valence-electron chi connectivity index (χ0n) is 13.3. The Morgan fingerprint density at radius 2 is 1.92 bits per heavy atom. The van der Waals surface area contributed by atoms with Gasteiger partial charge in [0.15, 0.2) is 5.78 Å². The highest BCUT2D eigenvalue weighted by Gasteiger charge is 2.20. The first-order chi connectivity index (χ1) is 11.6. The molecule has 1 aromatic heterocycles. The lowest BCUT2D eigenvalue weighted by atomic mass is 9.94. The quantitative estimate of drug-likeness (QED) is 0.798. The van der Waals surface area contributed by atoms with Gasteiger partial charge in [0, 0.05) is 31.2 Å². The number of benzene rings is 1. The summed E-state index contributed by atoms with van der Waals surface area (Å²) in [6, 6.07) is 12.4. The number of para-hydroxylation sites is 1. The molecular formula is C19H17NO4. The highest BCUT2D eigenvalue weighted by molar-refractivity contribution is 5.93. The summed E-state index contributed by atoms with van der Waals surface area (Å²) in [6.07, 6.45) is 3.88. The molecule has 0 N–H and O–H groups in total. The largest absolute Gasteiger partial charge is 0.439 e. The van der Waals surface area contributed by atoms with Crippen LogP contribution in [0.1, 0.15) is 30.1 Å². The lowest BCUT2D eigenvalue weighted by Gasteiger charge is -2.17. The molecule has 1 aliphatic carbocycles. The Labute approximate surface area is 139 Å². The lowest BCUT2D eigenvalue weighted by Crippen LogP contribution is -2.15. The monoisotopic (exact) mass is 323 g/mol. The van der Waals surface area contributed by atoms with Gasteiger partial charge in [0.05, 0.1) is 5.56 Å². The zero-order chi connectivity index (χ0) is 16.9. The molecule has 1 unspecified atom stereocenters. The average molecular weight is 323 g/mol. The zero-order valence-corrected chi connectivity index (χ0v) is 13.3. The number of hydrogen-bond acceptors (Lipinski definition) is 5. The van der Waals surface area contributed by atoms with Crippen LogP contribution in [0.4, 0.5) is 0 Å². The number of carbonyl (C=O) groups excluding carboxylic acids is 2.